The molecule has 0 spiro atoms. The van der Waals surface area contributed by atoms with Gasteiger partial charge in [0.1, 0.15) is 11.0 Å². The van der Waals surface area contributed by atoms with Crippen LogP contribution in [0.15, 0.2) is 94.3 Å². The van der Waals surface area contributed by atoms with E-state index in [2.05, 4.69) is 0 Å². The van der Waals surface area contributed by atoms with Crippen LogP contribution in [0.5, 0.6) is 0 Å². The maximum Gasteiger partial charge on any atom is 0.245 e. The molecule has 4 aromatic rings. The van der Waals surface area contributed by atoms with Gasteiger partial charge in [-0.2, -0.15) is 0 Å². The average molecular weight is 545 g/mol. The van der Waals surface area contributed by atoms with Crippen LogP contribution < -0.4 is 5.43 Å². The monoisotopic (exact) mass is 544 g/mol. The standard InChI is InChI=1S/C32H33ClN2O4/c1-3-4-17-34(32(38)30(33)25-13-9-6-10-14-25)21-29(36)35(19-24-11-7-5-8-12-24)20-26-22-39-28-16-15-23(2)18-27(28)31(26)37/h5-16,18,22,30H,3-4,17,19-21H2,1-2H3. The van der Waals surface area contributed by atoms with Crippen LogP contribution in [0, 0.1) is 6.92 Å². The lowest BCUT2D eigenvalue weighted by molar-refractivity contribution is -0.141. The number of rotatable bonds is 11. The molecule has 202 valence electrons. The van der Waals surface area contributed by atoms with Gasteiger partial charge in [-0.3, -0.25) is 14.4 Å². The Bertz CT molecular complexity index is 1470. The fourth-order valence-electron chi connectivity index (χ4n) is 4.44. The summed E-state index contributed by atoms with van der Waals surface area (Å²) in [5, 5.41) is -0.415. The maximum atomic E-state index is 13.8. The molecule has 0 saturated carbocycles. The summed E-state index contributed by atoms with van der Waals surface area (Å²) < 4.78 is 5.74. The molecule has 1 atom stereocenters. The number of carbonyl (C=O) groups excluding carboxylic acids is 2. The Balaban J connectivity index is 1.62. The van der Waals surface area contributed by atoms with E-state index in [1.807, 2.05) is 68.4 Å². The zero-order valence-electron chi connectivity index (χ0n) is 22.3. The van der Waals surface area contributed by atoms with Crippen molar-refractivity contribution in [1.29, 1.82) is 0 Å². The number of benzene rings is 3. The quantitative estimate of drug-likeness (QED) is 0.210. The van der Waals surface area contributed by atoms with E-state index in [1.165, 1.54) is 11.2 Å². The van der Waals surface area contributed by atoms with Gasteiger partial charge in [0.05, 0.1) is 30.3 Å². The minimum atomic E-state index is -0.894. The lowest BCUT2D eigenvalue weighted by atomic mass is 10.1. The first kappa shape index (κ1) is 28.1. The molecular formula is C32H33ClN2O4. The fraction of sp³-hybridized carbons (Fsp3) is 0.281. The largest absolute Gasteiger partial charge is 0.464 e. The summed E-state index contributed by atoms with van der Waals surface area (Å²) in [7, 11) is 0. The van der Waals surface area contributed by atoms with Gasteiger partial charge in [0.25, 0.3) is 0 Å². The van der Waals surface area contributed by atoms with E-state index in [9.17, 15) is 14.4 Å². The molecule has 1 heterocycles. The molecule has 0 fully saturated rings. The molecular weight excluding hydrogens is 512 g/mol. The highest BCUT2D eigenvalue weighted by Crippen LogP contribution is 2.23. The molecule has 3 aromatic carbocycles. The van der Waals surface area contributed by atoms with Crippen molar-refractivity contribution in [3.8, 4) is 0 Å². The van der Waals surface area contributed by atoms with E-state index < -0.39 is 5.38 Å². The Labute approximate surface area is 233 Å². The van der Waals surface area contributed by atoms with Gasteiger partial charge in [0.15, 0.2) is 5.43 Å². The Hall–Kier alpha value is -3.90. The molecule has 39 heavy (non-hydrogen) atoms. The van der Waals surface area contributed by atoms with Gasteiger partial charge in [-0.15, -0.1) is 11.6 Å². The summed E-state index contributed by atoms with van der Waals surface area (Å²) in [6.45, 7) is 4.55. The molecule has 0 radical (unpaired) electrons. The van der Waals surface area contributed by atoms with Gasteiger partial charge in [-0.25, -0.2) is 0 Å². The smallest absolute Gasteiger partial charge is 0.245 e. The minimum absolute atomic E-state index is 0.0543. The molecule has 0 bridgehead atoms. The molecule has 6 nitrogen and oxygen atoms in total. The highest BCUT2D eigenvalue weighted by Gasteiger charge is 2.27. The number of fused-ring (bicyclic) bond motifs is 1. The predicted molar refractivity (Wildman–Crippen MR) is 154 cm³/mol. The summed E-state index contributed by atoms with van der Waals surface area (Å²) in [5.74, 6) is -0.589. The van der Waals surface area contributed by atoms with E-state index in [-0.39, 0.29) is 36.9 Å². The van der Waals surface area contributed by atoms with Crippen LogP contribution >= 0.6 is 11.6 Å². The average Bonchev–Trinajstić information content (AvgIpc) is 2.96. The molecule has 1 aromatic heterocycles. The summed E-state index contributed by atoms with van der Waals surface area (Å²) in [5.41, 5.74) is 3.25. The Morgan fingerprint density at radius 2 is 1.62 bits per heavy atom. The van der Waals surface area contributed by atoms with Crippen molar-refractivity contribution in [2.75, 3.05) is 13.1 Å². The molecule has 0 aliphatic heterocycles. The van der Waals surface area contributed by atoms with E-state index in [0.717, 1.165) is 24.0 Å². The zero-order chi connectivity index (χ0) is 27.8. The van der Waals surface area contributed by atoms with E-state index in [1.54, 1.807) is 29.2 Å². The number of amides is 2. The van der Waals surface area contributed by atoms with Crippen LogP contribution in [0.25, 0.3) is 11.0 Å². The molecule has 0 saturated heterocycles. The Morgan fingerprint density at radius 3 is 2.31 bits per heavy atom. The van der Waals surface area contributed by atoms with Crippen LogP contribution in [0.4, 0.5) is 0 Å². The van der Waals surface area contributed by atoms with Gasteiger partial charge in [-0.05, 0) is 36.6 Å². The Kier molecular flexibility index (Phi) is 9.55. The lowest BCUT2D eigenvalue weighted by Gasteiger charge is -2.29. The van der Waals surface area contributed by atoms with Gasteiger partial charge in [0.2, 0.25) is 11.8 Å². The van der Waals surface area contributed by atoms with Crippen LogP contribution in [0.3, 0.4) is 0 Å². The van der Waals surface area contributed by atoms with Crippen molar-refractivity contribution in [2.24, 2.45) is 0 Å². The van der Waals surface area contributed by atoms with Gasteiger partial charge >= 0.3 is 0 Å². The molecule has 0 aliphatic carbocycles. The first-order chi connectivity index (χ1) is 18.9. The van der Waals surface area contributed by atoms with Crippen LogP contribution in [-0.4, -0.2) is 34.7 Å². The second-order valence-corrected chi connectivity index (χ2v) is 10.1. The molecule has 0 N–H and O–H groups in total. The van der Waals surface area contributed by atoms with E-state index >= 15 is 0 Å². The van der Waals surface area contributed by atoms with Crippen molar-refractivity contribution in [3.63, 3.8) is 0 Å². The molecule has 1 unspecified atom stereocenters. The van der Waals surface area contributed by atoms with Crippen LogP contribution in [-0.2, 0) is 22.7 Å². The van der Waals surface area contributed by atoms with Crippen molar-refractivity contribution in [3.05, 3.63) is 118 Å². The number of halogens is 1. The maximum absolute atomic E-state index is 13.8. The normalized spacial score (nSPS) is 11.8. The van der Waals surface area contributed by atoms with Crippen LogP contribution in [0.2, 0.25) is 0 Å². The summed E-state index contributed by atoms with van der Waals surface area (Å²) in [6, 6.07) is 24.2. The molecule has 7 heteroatoms. The van der Waals surface area contributed by atoms with Crippen molar-refractivity contribution in [1.82, 2.24) is 9.80 Å². The SMILES string of the molecule is CCCCN(CC(=O)N(Cc1ccccc1)Cc1coc2ccc(C)cc2c1=O)C(=O)C(Cl)c1ccccc1. The highest BCUT2D eigenvalue weighted by atomic mass is 35.5. The number of nitrogens with zero attached hydrogens (tertiary/aromatic N) is 2. The number of alkyl halides is 1. The fourth-order valence-corrected chi connectivity index (χ4v) is 4.72. The number of hydrogen-bond donors (Lipinski definition) is 0. The molecule has 2 amide bonds. The first-order valence-electron chi connectivity index (χ1n) is 13.2. The summed E-state index contributed by atoms with van der Waals surface area (Å²) >= 11 is 6.57. The Morgan fingerprint density at radius 1 is 0.923 bits per heavy atom. The summed E-state index contributed by atoms with van der Waals surface area (Å²) in [4.78, 5) is 43.6. The van der Waals surface area contributed by atoms with Gasteiger partial charge < -0.3 is 14.2 Å². The predicted octanol–water partition coefficient (Wildman–Crippen LogP) is 6.24. The van der Waals surface area contributed by atoms with Crippen molar-refractivity contribution < 1.29 is 14.0 Å². The molecule has 0 aliphatic rings. The first-order valence-corrected chi connectivity index (χ1v) is 13.6. The summed E-state index contributed by atoms with van der Waals surface area (Å²) in [6.07, 6.45) is 3.03. The zero-order valence-corrected chi connectivity index (χ0v) is 23.1. The lowest BCUT2D eigenvalue weighted by Crippen LogP contribution is -2.44. The highest BCUT2D eigenvalue weighted by molar-refractivity contribution is 6.30. The number of carbonyl (C=O) groups is 2. The third-order valence-electron chi connectivity index (χ3n) is 6.66. The number of aryl methyl sites for hydroxylation is 1. The second-order valence-electron chi connectivity index (χ2n) is 9.71. The number of hydrogen-bond acceptors (Lipinski definition) is 4. The number of unbranched alkanes of at least 4 members (excludes halogenated alkanes) is 1. The third kappa shape index (κ3) is 7.15. The third-order valence-corrected chi connectivity index (χ3v) is 7.10. The second kappa shape index (κ2) is 13.3. The topological polar surface area (TPSA) is 70.8 Å². The van der Waals surface area contributed by atoms with Crippen molar-refractivity contribution >= 4 is 34.4 Å². The van der Waals surface area contributed by atoms with E-state index in [4.69, 9.17) is 16.0 Å². The van der Waals surface area contributed by atoms with Crippen molar-refractivity contribution in [2.45, 2.75) is 45.2 Å². The minimum Gasteiger partial charge on any atom is -0.464 e. The molecule has 4 rings (SSSR count). The van der Waals surface area contributed by atoms with E-state index in [0.29, 0.717) is 28.6 Å². The van der Waals surface area contributed by atoms with Gasteiger partial charge in [0, 0.05) is 13.1 Å². The van der Waals surface area contributed by atoms with Crippen LogP contribution in [0.1, 0.15) is 47.4 Å². The van der Waals surface area contributed by atoms with Gasteiger partial charge in [-0.1, -0.05) is 85.6 Å².